The van der Waals surface area contributed by atoms with Crippen molar-refractivity contribution in [1.29, 1.82) is 0 Å². The average molecular weight is 491 g/mol. The number of aromatic nitrogens is 2. The molecular formula is C20H15ClN4O5S2. The zero-order chi connectivity index (χ0) is 22.9. The monoisotopic (exact) mass is 490 g/mol. The van der Waals surface area contributed by atoms with E-state index < -0.39 is 16.1 Å². The lowest BCUT2D eigenvalue weighted by atomic mass is 10.2. The summed E-state index contributed by atoms with van der Waals surface area (Å²) in [6, 6.07) is 13.1. The van der Waals surface area contributed by atoms with Gasteiger partial charge in [-0.05, 0) is 54.6 Å². The number of nitrogens with one attached hydrogen (secondary N) is 2. The maximum absolute atomic E-state index is 12.9. The van der Waals surface area contributed by atoms with Gasteiger partial charge in [0, 0.05) is 5.69 Å². The Morgan fingerprint density at radius 1 is 1.12 bits per heavy atom. The van der Waals surface area contributed by atoms with Gasteiger partial charge in [0.15, 0.2) is 0 Å². The van der Waals surface area contributed by atoms with Crippen LogP contribution in [-0.4, -0.2) is 31.1 Å². The number of carbonyl (C=O) groups is 1. The first-order chi connectivity index (χ1) is 15.3. The van der Waals surface area contributed by atoms with E-state index in [0.29, 0.717) is 32.4 Å². The molecule has 9 nitrogen and oxygen atoms in total. The summed E-state index contributed by atoms with van der Waals surface area (Å²) in [5.74, 6) is 0.541. The molecule has 32 heavy (non-hydrogen) atoms. The zero-order valence-corrected chi connectivity index (χ0v) is 18.8. The molecule has 0 aliphatic rings. The Kier molecular flexibility index (Phi) is 5.87. The van der Waals surface area contributed by atoms with E-state index in [-0.39, 0.29) is 9.77 Å². The molecule has 164 valence electrons. The van der Waals surface area contributed by atoms with Gasteiger partial charge in [0.25, 0.3) is 15.6 Å². The molecule has 4 aromatic rings. The summed E-state index contributed by atoms with van der Waals surface area (Å²) in [4.78, 5) is 29.3. The van der Waals surface area contributed by atoms with Crippen molar-refractivity contribution in [3.8, 4) is 11.4 Å². The van der Waals surface area contributed by atoms with E-state index in [4.69, 9.17) is 16.3 Å². The molecule has 0 spiro atoms. The molecular weight excluding hydrogens is 476 g/mol. The molecule has 2 N–H and O–H groups in total. The maximum Gasteiger partial charge on any atom is 0.333 e. The number of urea groups is 1. The number of ether oxygens (including phenoxy) is 1. The smallest absolute Gasteiger partial charge is 0.333 e. The first kappa shape index (κ1) is 21.8. The lowest BCUT2D eigenvalue weighted by Crippen LogP contribution is -2.33. The van der Waals surface area contributed by atoms with Crippen LogP contribution in [0.5, 0.6) is 5.75 Å². The highest BCUT2D eigenvalue weighted by atomic mass is 35.5. The van der Waals surface area contributed by atoms with Crippen LogP contribution in [0.2, 0.25) is 4.34 Å². The summed E-state index contributed by atoms with van der Waals surface area (Å²) < 4.78 is 33.1. The lowest BCUT2D eigenvalue weighted by Gasteiger charge is -2.10. The average Bonchev–Trinajstić information content (AvgIpc) is 3.21. The molecule has 0 saturated heterocycles. The summed E-state index contributed by atoms with van der Waals surface area (Å²) in [5, 5.41) is 2.83. The first-order valence-corrected chi connectivity index (χ1v) is 11.7. The molecule has 0 fully saturated rings. The number of benzene rings is 2. The third-order valence-corrected chi connectivity index (χ3v) is 7.46. The number of fused-ring (bicyclic) bond motifs is 1. The molecule has 0 atom stereocenters. The minimum absolute atomic E-state index is 0.0761. The van der Waals surface area contributed by atoms with Crippen molar-refractivity contribution in [3.63, 3.8) is 0 Å². The second kappa shape index (κ2) is 8.61. The fourth-order valence-corrected chi connectivity index (χ4v) is 5.28. The van der Waals surface area contributed by atoms with E-state index in [1.807, 2.05) is 4.72 Å². The van der Waals surface area contributed by atoms with Crippen molar-refractivity contribution in [2.75, 3.05) is 12.4 Å². The highest BCUT2D eigenvalue weighted by molar-refractivity contribution is 7.92. The van der Waals surface area contributed by atoms with Gasteiger partial charge in [0.2, 0.25) is 0 Å². The molecule has 4 rings (SSSR count). The van der Waals surface area contributed by atoms with E-state index in [2.05, 4.69) is 10.3 Å². The topological polar surface area (TPSA) is 119 Å². The lowest BCUT2D eigenvalue weighted by molar-refractivity contribution is 0.256. The second-order valence-electron chi connectivity index (χ2n) is 6.47. The van der Waals surface area contributed by atoms with Crippen molar-refractivity contribution >= 4 is 55.6 Å². The Morgan fingerprint density at radius 2 is 1.88 bits per heavy atom. The van der Waals surface area contributed by atoms with E-state index in [9.17, 15) is 18.0 Å². The van der Waals surface area contributed by atoms with Gasteiger partial charge >= 0.3 is 6.03 Å². The molecule has 2 heterocycles. The predicted molar refractivity (Wildman–Crippen MR) is 123 cm³/mol. The number of methoxy groups -OCH3 is 1. The van der Waals surface area contributed by atoms with Gasteiger partial charge in [-0.2, -0.15) is 0 Å². The van der Waals surface area contributed by atoms with Gasteiger partial charge in [-0.15, -0.1) is 11.3 Å². The molecule has 12 heteroatoms. The Morgan fingerprint density at radius 3 is 2.53 bits per heavy atom. The van der Waals surface area contributed by atoms with Crippen LogP contribution >= 0.6 is 22.9 Å². The Balaban J connectivity index is 1.53. The highest BCUT2D eigenvalue weighted by Gasteiger charge is 2.19. The zero-order valence-electron chi connectivity index (χ0n) is 16.4. The Hall–Kier alpha value is -3.41. The molecule has 0 aliphatic carbocycles. The van der Waals surface area contributed by atoms with Gasteiger partial charge in [-0.3, -0.25) is 9.36 Å². The van der Waals surface area contributed by atoms with Crippen LogP contribution in [0.15, 0.2) is 69.9 Å². The highest BCUT2D eigenvalue weighted by Crippen LogP contribution is 2.25. The van der Waals surface area contributed by atoms with Crippen molar-refractivity contribution in [2.45, 2.75) is 4.21 Å². The van der Waals surface area contributed by atoms with Crippen molar-refractivity contribution in [2.24, 2.45) is 0 Å². The first-order valence-electron chi connectivity index (χ1n) is 9.02. The Bertz CT molecular complexity index is 1480. The van der Waals surface area contributed by atoms with E-state index >= 15 is 0 Å². The summed E-state index contributed by atoms with van der Waals surface area (Å²) in [6.07, 6.45) is 1.41. The van der Waals surface area contributed by atoms with Gasteiger partial charge < -0.3 is 10.1 Å². The molecule has 0 radical (unpaired) electrons. The van der Waals surface area contributed by atoms with Crippen LogP contribution in [0.4, 0.5) is 10.5 Å². The number of amides is 2. The second-order valence-corrected chi connectivity index (χ2v) is 10.1. The minimum atomic E-state index is -4.03. The van der Waals surface area contributed by atoms with Crippen molar-refractivity contribution in [3.05, 3.63) is 75.6 Å². The summed E-state index contributed by atoms with van der Waals surface area (Å²) >= 11 is 6.58. The molecule has 0 aliphatic heterocycles. The summed E-state index contributed by atoms with van der Waals surface area (Å²) in [5.41, 5.74) is 1.09. The number of nitrogens with zero attached hydrogens (tertiary/aromatic N) is 2. The van der Waals surface area contributed by atoms with Gasteiger partial charge in [-0.1, -0.05) is 11.6 Å². The quantitative estimate of drug-likeness (QED) is 0.441. The fraction of sp³-hybridized carbons (Fsp3) is 0.0500. The summed E-state index contributed by atoms with van der Waals surface area (Å²) in [7, 11) is -2.52. The molecule has 0 bridgehead atoms. The number of sulfonamides is 1. The molecule has 2 aromatic heterocycles. The normalized spacial score (nSPS) is 11.3. The number of rotatable bonds is 5. The van der Waals surface area contributed by atoms with Crippen molar-refractivity contribution < 1.29 is 17.9 Å². The molecule has 2 amide bonds. The standard InChI is InChI=1S/C20H15ClN4O5S2/c1-30-14-6-7-16-15(10-14)19(26)25(11-22-16)13-4-2-12(3-5-13)23-20(27)24-32(28,29)18-9-8-17(21)31-18/h2-11H,1H3,(H2,23,24,27). The predicted octanol–water partition coefficient (Wildman–Crippen LogP) is 3.62. The van der Waals surface area contributed by atoms with Gasteiger partial charge in [0.05, 0.1) is 28.0 Å². The molecule has 0 saturated carbocycles. The SMILES string of the molecule is COc1ccc2ncn(-c3ccc(NC(=O)NS(=O)(=O)c4ccc(Cl)s4)cc3)c(=O)c2c1. The van der Waals surface area contributed by atoms with Crippen LogP contribution in [0, 0.1) is 0 Å². The molecule has 0 unspecified atom stereocenters. The van der Waals surface area contributed by atoms with E-state index in [1.165, 1.54) is 42.3 Å². The molecule has 2 aromatic carbocycles. The third-order valence-electron chi connectivity index (χ3n) is 4.41. The van der Waals surface area contributed by atoms with Gasteiger partial charge in [0.1, 0.15) is 16.3 Å². The fourth-order valence-electron chi connectivity index (χ4n) is 2.89. The summed E-state index contributed by atoms with van der Waals surface area (Å²) in [6.45, 7) is 0. The van der Waals surface area contributed by atoms with Gasteiger partial charge in [-0.25, -0.2) is 22.9 Å². The number of halogens is 1. The van der Waals surface area contributed by atoms with E-state index in [1.54, 1.807) is 30.3 Å². The largest absolute Gasteiger partial charge is 0.497 e. The maximum atomic E-state index is 12.9. The number of anilines is 1. The van der Waals surface area contributed by atoms with Crippen LogP contribution in [0.3, 0.4) is 0 Å². The number of hydrogen-bond acceptors (Lipinski definition) is 7. The van der Waals surface area contributed by atoms with Crippen molar-refractivity contribution in [1.82, 2.24) is 14.3 Å². The van der Waals surface area contributed by atoms with Crippen LogP contribution in [-0.2, 0) is 10.0 Å². The third kappa shape index (κ3) is 4.44. The van der Waals surface area contributed by atoms with E-state index in [0.717, 1.165) is 11.3 Å². The van der Waals surface area contributed by atoms with Crippen LogP contribution in [0.25, 0.3) is 16.6 Å². The number of thiophene rings is 1. The van der Waals surface area contributed by atoms with Crippen LogP contribution in [0.1, 0.15) is 0 Å². The van der Waals surface area contributed by atoms with Crippen LogP contribution < -0.4 is 20.3 Å². The Labute approximate surface area is 191 Å². The number of carbonyl (C=O) groups excluding carboxylic acids is 1. The number of hydrogen-bond donors (Lipinski definition) is 2. The minimum Gasteiger partial charge on any atom is -0.497 e.